The van der Waals surface area contributed by atoms with Gasteiger partial charge < -0.3 is 0 Å². The number of aromatic nitrogens is 3. The van der Waals surface area contributed by atoms with Crippen LogP contribution in [0.5, 0.6) is 0 Å². The molecule has 1 aromatic heterocycles. The van der Waals surface area contributed by atoms with Gasteiger partial charge in [-0.2, -0.15) is 0 Å². The Balaban J connectivity index is 1.53. The third-order valence-corrected chi connectivity index (χ3v) is 5.74. The molecule has 0 spiro atoms. The van der Waals surface area contributed by atoms with Crippen LogP contribution in [0.4, 0.5) is 0 Å². The lowest BCUT2D eigenvalue weighted by molar-refractivity contribution is 0.468. The number of unbranched alkanes of at least 4 members (excludes halogenated alkanes) is 2. The molecular weight excluding hydrogens is 330 g/mol. The van der Waals surface area contributed by atoms with Crippen molar-refractivity contribution in [2.75, 3.05) is 0 Å². The summed E-state index contributed by atoms with van der Waals surface area (Å²) in [6.07, 6.45) is 11.9. The summed E-state index contributed by atoms with van der Waals surface area (Å²) in [5.74, 6) is 0. The van der Waals surface area contributed by atoms with E-state index in [9.17, 15) is 0 Å². The molecule has 0 bridgehead atoms. The van der Waals surface area contributed by atoms with Crippen LogP contribution < -0.4 is 0 Å². The Morgan fingerprint density at radius 2 is 1.85 bits per heavy atom. The lowest BCUT2D eigenvalue weighted by Crippen LogP contribution is -2.12. The summed E-state index contributed by atoms with van der Waals surface area (Å²) in [6, 6.07) is 18.0. The Labute approximate surface area is 162 Å². The predicted molar refractivity (Wildman–Crippen MR) is 111 cm³/mol. The molecule has 2 aromatic carbocycles. The smallest absolute Gasteiger partial charge is 0.113 e. The average Bonchev–Trinajstić information content (AvgIpc) is 3.09. The molecule has 0 saturated carbocycles. The van der Waals surface area contributed by atoms with Crippen molar-refractivity contribution in [2.24, 2.45) is 0 Å². The van der Waals surface area contributed by atoms with E-state index in [-0.39, 0.29) is 0 Å². The average molecular weight is 360 g/mol. The molecule has 0 amide bonds. The van der Waals surface area contributed by atoms with Crippen LogP contribution in [0, 0.1) is 0 Å². The Hall–Kier alpha value is -2.42. The first-order valence-electron chi connectivity index (χ1n) is 10.4. The van der Waals surface area contributed by atoms with Gasteiger partial charge in [0, 0.05) is 5.56 Å². The van der Waals surface area contributed by atoms with E-state index in [4.69, 9.17) is 0 Å². The first kappa shape index (κ1) is 18.0. The molecule has 0 aliphatic heterocycles. The summed E-state index contributed by atoms with van der Waals surface area (Å²) in [7, 11) is 0. The van der Waals surface area contributed by atoms with Gasteiger partial charge in [-0.25, -0.2) is 4.68 Å². The summed E-state index contributed by atoms with van der Waals surface area (Å²) >= 11 is 0. The highest BCUT2D eigenvalue weighted by molar-refractivity contribution is 5.58. The molecule has 1 unspecified atom stereocenters. The first-order chi connectivity index (χ1) is 13.3. The van der Waals surface area contributed by atoms with Crippen molar-refractivity contribution >= 4 is 0 Å². The first-order valence-corrected chi connectivity index (χ1v) is 10.4. The van der Waals surface area contributed by atoms with E-state index >= 15 is 0 Å². The van der Waals surface area contributed by atoms with E-state index in [1.54, 1.807) is 0 Å². The fraction of sp³-hybridized carbons (Fsp3) is 0.417. The predicted octanol–water partition coefficient (Wildman–Crippen LogP) is 5.99. The van der Waals surface area contributed by atoms with Crippen LogP contribution in [0.25, 0.3) is 11.3 Å². The molecule has 0 N–H and O–H groups in total. The SMILES string of the molecule is CCCCCc1ccc(-c2cn(C3CCCCc4ccccc43)nn2)cc1. The van der Waals surface area contributed by atoms with E-state index in [1.807, 2.05) is 0 Å². The van der Waals surface area contributed by atoms with Crippen molar-refractivity contribution in [2.45, 2.75) is 64.3 Å². The molecular formula is C24H29N3. The molecule has 1 aliphatic carbocycles. The van der Waals surface area contributed by atoms with E-state index in [0.717, 1.165) is 17.7 Å². The van der Waals surface area contributed by atoms with Crippen molar-refractivity contribution < 1.29 is 0 Å². The van der Waals surface area contributed by atoms with Gasteiger partial charge in [0.05, 0.1) is 12.2 Å². The van der Waals surface area contributed by atoms with Gasteiger partial charge in [0.1, 0.15) is 5.69 Å². The normalized spacial score (nSPS) is 16.7. The van der Waals surface area contributed by atoms with Crippen molar-refractivity contribution in [3.63, 3.8) is 0 Å². The quantitative estimate of drug-likeness (QED) is 0.399. The van der Waals surface area contributed by atoms with Crippen LogP contribution in [-0.4, -0.2) is 15.0 Å². The van der Waals surface area contributed by atoms with Crippen LogP contribution in [0.2, 0.25) is 0 Å². The van der Waals surface area contributed by atoms with E-state index in [0.29, 0.717) is 6.04 Å². The maximum absolute atomic E-state index is 4.51. The number of nitrogens with zero attached hydrogens (tertiary/aromatic N) is 3. The van der Waals surface area contributed by atoms with Crippen LogP contribution in [-0.2, 0) is 12.8 Å². The number of benzene rings is 2. The summed E-state index contributed by atoms with van der Waals surface area (Å²) in [6.45, 7) is 2.25. The highest BCUT2D eigenvalue weighted by atomic mass is 15.4. The number of aryl methyl sites for hydroxylation is 2. The Kier molecular flexibility index (Phi) is 5.66. The second-order valence-corrected chi connectivity index (χ2v) is 7.70. The molecule has 140 valence electrons. The van der Waals surface area contributed by atoms with E-state index < -0.39 is 0 Å². The molecule has 3 nitrogen and oxygen atoms in total. The van der Waals surface area contributed by atoms with Gasteiger partial charge in [0.2, 0.25) is 0 Å². The molecule has 0 saturated heterocycles. The molecule has 1 atom stereocenters. The third-order valence-electron chi connectivity index (χ3n) is 5.74. The summed E-state index contributed by atoms with van der Waals surface area (Å²) in [5.41, 5.74) is 6.42. The van der Waals surface area contributed by atoms with Crippen LogP contribution in [0.15, 0.2) is 54.7 Å². The maximum Gasteiger partial charge on any atom is 0.113 e. The van der Waals surface area contributed by atoms with Gasteiger partial charge in [0.25, 0.3) is 0 Å². The fourth-order valence-corrected chi connectivity index (χ4v) is 4.15. The molecule has 3 heteroatoms. The zero-order valence-electron chi connectivity index (χ0n) is 16.3. The van der Waals surface area contributed by atoms with Crippen molar-refractivity contribution in [3.05, 3.63) is 71.4 Å². The molecule has 1 aliphatic rings. The lowest BCUT2D eigenvalue weighted by Gasteiger charge is -2.17. The van der Waals surface area contributed by atoms with Gasteiger partial charge >= 0.3 is 0 Å². The van der Waals surface area contributed by atoms with Gasteiger partial charge in [-0.05, 0) is 48.8 Å². The highest BCUT2D eigenvalue weighted by Crippen LogP contribution is 2.32. The van der Waals surface area contributed by atoms with Gasteiger partial charge in [0.15, 0.2) is 0 Å². The fourth-order valence-electron chi connectivity index (χ4n) is 4.15. The van der Waals surface area contributed by atoms with Gasteiger partial charge in [-0.3, -0.25) is 0 Å². The van der Waals surface area contributed by atoms with Gasteiger partial charge in [-0.15, -0.1) is 5.10 Å². The second-order valence-electron chi connectivity index (χ2n) is 7.70. The topological polar surface area (TPSA) is 30.7 Å². The molecule has 1 heterocycles. The molecule has 0 radical (unpaired) electrons. The summed E-state index contributed by atoms with van der Waals surface area (Å²) in [4.78, 5) is 0. The van der Waals surface area contributed by atoms with Gasteiger partial charge in [-0.1, -0.05) is 79.9 Å². The van der Waals surface area contributed by atoms with Crippen LogP contribution in [0.3, 0.4) is 0 Å². The number of fused-ring (bicyclic) bond motifs is 1. The standard InChI is InChI=1S/C24H29N3/c1-2-3-4-9-19-14-16-21(17-15-19)23-18-27(26-25-23)24-13-8-6-11-20-10-5-7-12-22(20)24/h5,7,10,12,14-18,24H,2-4,6,8-9,11,13H2,1H3. The third kappa shape index (κ3) is 4.13. The number of hydrogen-bond donors (Lipinski definition) is 0. The molecule has 27 heavy (non-hydrogen) atoms. The Morgan fingerprint density at radius 3 is 2.70 bits per heavy atom. The number of hydrogen-bond acceptors (Lipinski definition) is 2. The minimum absolute atomic E-state index is 0.304. The Bertz CT molecular complexity index is 863. The van der Waals surface area contributed by atoms with Crippen LogP contribution in [0.1, 0.15) is 68.2 Å². The summed E-state index contributed by atoms with van der Waals surface area (Å²) < 4.78 is 2.08. The minimum atomic E-state index is 0.304. The van der Waals surface area contributed by atoms with E-state index in [2.05, 4.69) is 76.6 Å². The van der Waals surface area contributed by atoms with Crippen molar-refractivity contribution in [1.29, 1.82) is 0 Å². The monoisotopic (exact) mass is 359 g/mol. The van der Waals surface area contributed by atoms with Crippen LogP contribution >= 0.6 is 0 Å². The maximum atomic E-state index is 4.51. The van der Waals surface area contributed by atoms with Crippen molar-refractivity contribution in [3.8, 4) is 11.3 Å². The largest absolute Gasteiger partial charge is 0.244 e. The molecule has 3 aromatic rings. The minimum Gasteiger partial charge on any atom is -0.244 e. The lowest BCUT2D eigenvalue weighted by atomic mass is 9.99. The number of rotatable bonds is 6. The second kappa shape index (κ2) is 8.51. The zero-order chi connectivity index (χ0) is 18.5. The van der Waals surface area contributed by atoms with E-state index in [1.165, 1.54) is 61.6 Å². The summed E-state index contributed by atoms with van der Waals surface area (Å²) in [5, 5.41) is 8.99. The van der Waals surface area contributed by atoms with Crippen molar-refractivity contribution in [1.82, 2.24) is 15.0 Å². The zero-order valence-corrected chi connectivity index (χ0v) is 16.3. The molecule has 0 fully saturated rings. The highest BCUT2D eigenvalue weighted by Gasteiger charge is 2.21. The molecule has 4 rings (SSSR count). The Morgan fingerprint density at radius 1 is 1.00 bits per heavy atom.